The maximum atomic E-state index is 13.9. The van der Waals surface area contributed by atoms with Gasteiger partial charge >= 0.3 is 5.82 Å². The Morgan fingerprint density at radius 3 is 2.31 bits per heavy atom. The molecule has 0 aliphatic carbocycles. The summed E-state index contributed by atoms with van der Waals surface area (Å²) in [4.78, 5) is 23.1. The van der Waals surface area contributed by atoms with Gasteiger partial charge < -0.3 is 20.0 Å². The summed E-state index contributed by atoms with van der Waals surface area (Å²) in [6.07, 6.45) is 2.18. The maximum Gasteiger partial charge on any atom is 0.390 e. The number of carbonyl (C=O) groups excluding carboxylic acids is 1. The van der Waals surface area contributed by atoms with Gasteiger partial charge in [-0.1, -0.05) is 5.16 Å². The van der Waals surface area contributed by atoms with Gasteiger partial charge in [-0.15, -0.1) is 0 Å². The van der Waals surface area contributed by atoms with Crippen LogP contribution in [0.25, 0.3) is 0 Å². The molecule has 11 nitrogen and oxygen atoms in total. The lowest BCUT2D eigenvalue weighted by atomic mass is 10.1. The fraction of sp³-hybridized carbons (Fsp3) is 0.200. The molecular formula is C20H14F5N7O4. The minimum Gasteiger partial charge on any atom is -0.361 e. The first-order valence-electron chi connectivity index (χ1n) is 9.96. The molecule has 0 unspecified atom stereocenters. The molecule has 1 amide bonds. The standard InChI is InChI=1S/C20H14F5N7O4/c1-8-3-13(32(34)35)28-31(8)7-11-9(2)36-29-19(11)20(33)27-10-4-26-30(5-10)6-12-14(21)16(23)18(25)17(24)15(12)22/h3-5H,6-7H2,1-2H3,(H,27,33). The van der Waals surface area contributed by atoms with Crippen molar-refractivity contribution in [3.63, 3.8) is 0 Å². The van der Waals surface area contributed by atoms with Crippen LogP contribution in [0.4, 0.5) is 33.5 Å². The SMILES string of the molecule is Cc1onc(C(=O)Nc2cnn(Cc3c(F)c(F)c(F)c(F)c3F)c2)c1Cn1nc([N+](=O)[O-])cc1C. The third kappa shape index (κ3) is 4.39. The molecule has 4 aromatic rings. The minimum absolute atomic E-state index is 0.0152. The average molecular weight is 511 g/mol. The molecule has 1 aromatic carbocycles. The summed E-state index contributed by atoms with van der Waals surface area (Å²) < 4.78 is 75.2. The van der Waals surface area contributed by atoms with Crippen LogP contribution in [0.5, 0.6) is 0 Å². The first kappa shape index (κ1) is 24.5. The Hall–Kier alpha value is -4.63. The lowest BCUT2D eigenvalue weighted by molar-refractivity contribution is -0.389. The number of halogens is 5. The fourth-order valence-electron chi connectivity index (χ4n) is 3.30. The normalized spacial score (nSPS) is 11.2. The number of nitrogens with one attached hydrogen (secondary N) is 1. The maximum absolute atomic E-state index is 13.9. The second kappa shape index (κ2) is 9.20. The van der Waals surface area contributed by atoms with Gasteiger partial charge in [0.05, 0.1) is 53.0 Å². The van der Waals surface area contributed by atoms with Crippen LogP contribution in [-0.4, -0.2) is 35.5 Å². The molecule has 0 saturated carbocycles. The molecule has 0 saturated heterocycles. The fourth-order valence-corrected chi connectivity index (χ4v) is 3.30. The lowest BCUT2D eigenvalue weighted by Crippen LogP contribution is -2.16. The van der Waals surface area contributed by atoms with Crippen molar-refractivity contribution in [3.05, 3.63) is 85.9 Å². The quantitative estimate of drug-likeness (QED) is 0.132. The Kier molecular flexibility index (Phi) is 6.26. The first-order chi connectivity index (χ1) is 17.0. The highest BCUT2D eigenvalue weighted by atomic mass is 19.2. The van der Waals surface area contributed by atoms with Crippen molar-refractivity contribution < 1.29 is 36.2 Å². The second-order valence-electron chi connectivity index (χ2n) is 7.55. The summed E-state index contributed by atoms with van der Waals surface area (Å²) >= 11 is 0. The zero-order valence-electron chi connectivity index (χ0n) is 18.4. The van der Waals surface area contributed by atoms with E-state index in [4.69, 9.17) is 4.52 Å². The number of amides is 1. The molecule has 0 atom stereocenters. The smallest absolute Gasteiger partial charge is 0.361 e. The van der Waals surface area contributed by atoms with Gasteiger partial charge in [0.25, 0.3) is 5.91 Å². The Labute approximate surface area is 197 Å². The zero-order valence-corrected chi connectivity index (χ0v) is 18.4. The van der Waals surface area contributed by atoms with Gasteiger partial charge in [-0.2, -0.15) is 9.78 Å². The van der Waals surface area contributed by atoms with Crippen molar-refractivity contribution in [3.8, 4) is 0 Å². The molecular weight excluding hydrogens is 497 g/mol. The van der Waals surface area contributed by atoms with Crippen molar-refractivity contribution in [2.75, 3.05) is 5.32 Å². The number of carbonyl (C=O) groups is 1. The zero-order chi connectivity index (χ0) is 26.3. The Morgan fingerprint density at radius 1 is 1.06 bits per heavy atom. The number of rotatable bonds is 7. The summed E-state index contributed by atoms with van der Waals surface area (Å²) in [6, 6.07) is 1.25. The number of hydrogen-bond donors (Lipinski definition) is 1. The lowest BCUT2D eigenvalue weighted by Gasteiger charge is -2.08. The van der Waals surface area contributed by atoms with Crippen molar-refractivity contribution in [2.45, 2.75) is 26.9 Å². The number of aromatic nitrogens is 5. The molecule has 1 N–H and O–H groups in total. The van der Waals surface area contributed by atoms with Gasteiger partial charge in [0, 0.05) is 6.20 Å². The molecule has 188 valence electrons. The molecule has 36 heavy (non-hydrogen) atoms. The van der Waals surface area contributed by atoms with E-state index in [2.05, 4.69) is 20.7 Å². The third-order valence-electron chi connectivity index (χ3n) is 5.17. The van der Waals surface area contributed by atoms with E-state index < -0.39 is 52.0 Å². The predicted octanol–water partition coefficient (Wildman–Crippen LogP) is 3.64. The molecule has 3 heterocycles. The number of nitrogens with zero attached hydrogens (tertiary/aromatic N) is 6. The van der Waals surface area contributed by atoms with Gasteiger partial charge in [0.1, 0.15) is 5.76 Å². The van der Waals surface area contributed by atoms with E-state index in [1.54, 1.807) is 6.92 Å². The summed E-state index contributed by atoms with van der Waals surface area (Å²) in [5, 5.41) is 24.7. The Morgan fingerprint density at radius 2 is 1.69 bits per heavy atom. The van der Waals surface area contributed by atoms with Crippen LogP contribution >= 0.6 is 0 Å². The van der Waals surface area contributed by atoms with Crippen LogP contribution < -0.4 is 5.32 Å². The van der Waals surface area contributed by atoms with Crippen molar-refractivity contribution in [2.24, 2.45) is 0 Å². The van der Waals surface area contributed by atoms with Crippen LogP contribution in [-0.2, 0) is 13.1 Å². The first-order valence-corrected chi connectivity index (χ1v) is 9.96. The molecule has 0 fully saturated rings. The number of anilines is 1. The van der Waals surface area contributed by atoms with Crippen LogP contribution in [0.2, 0.25) is 0 Å². The molecule has 0 bridgehead atoms. The summed E-state index contributed by atoms with van der Waals surface area (Å²) in [6.45, 7) is 2.22. The van der Waals surface area contributed by atoms with E-state index in [0.29, 0.717) is 5.69 Å². The third-order valence-corrected chi connectivity index (χ3v) is 5.17. The van der Waals surface area contributed by atoms with E-state index in [9.17, 15) is 36.9 Å². The van der Waals surface area contributed by atoms with Crippen molar-refractivity contribution in [1.82, 2.24) is 24.7 Å². The topological polar surface area (TPSA) is 134 Å². The van der Waals surface area contributed by atoms with E-state index in [1.165, 1.54) is 17.7 Å². The van der Waals surface area contributed by atoms with Crippen molar-refractivity contribution in [1.29, 1.82) is 0 Å². The molecule has 16 heteroatoms. The van der Waals surface area contributed by atoms with Gasteiger partial charge in [0.15, 0.2) is 29.0 Å². The highest BCUT2D eigenvalue weighted by Crippen LogP contribution is 2.24. The summed E-state index contributed by atoms with van der Waals surface area (Å²) in [7, 11) is 0. The largest absolute Gasteiger partial charge is 0.390 e. The van der Waals surface area contributed by atoms with Crippen LogP contribution in [0.3, 0.4) is 0 Å². The molecule has 0 aliphatic heterocycles. The van der Waals surface area contributed by atoms with Crippen LogP contribution in [0.1, 0.15) is 33.1 Å². The number of benzene rings is 1. The Bertz CT molecular complexity index is 1480. The van der Waals surface area contributed by atoms with E-state index in [-0.39, 0.29) is 35.1 Å². The van der Waals surface area contributed by atoms with Crippen molar-refractivity contribution >= 4 is 17.4 Å². The monoisotopic (exact) mass is 511 g/mol. The minimum atomic E-state index is -2.28. The van der Waals surface area contributed by atoms with E-state index >= 15 is 0 Å². The molecule has 3 aromatic heterocycles. The predicted molar refractivity (Wildman–Crippen MR) is 109 cm³/mol. The highest BCUT2D eigenvalue weighted by molar-refractivity contribution is 6.03. The molecule has 0 spiro atoms. The average Bonchev–Trinajstić information content (AvgIpc) is 3.54. The summed E-state index contributed by atoms with van der Waals surface area (Å²) in [5.41, 5.74) is -0.533. The van der Waals surface area contributed by atoms with Gasteiger partial charge in [0.2, 0.25) is 5.82 Å². The van der Waals surface area contributed by atoms with E-state index in [0.717, 1.165) is 17.1 Å². The molecule has 0 aliphatic rings. The number of nitro groups is 1. The Balaban J connectivity index is 1.53. The summed E-state index contributed by atoms with van der Waals surface area (Å²) in [5.74, 6) is -11.4. The van der Waals surface area contributed by atoms with Gasteiger partial charge in [-0.3, -0.25) is 9.48 Å². The van der Waals surface area contributed by atoms with Crippen LogP contribution in [0, 0.1) is 53.0 Å². The molecule has 0 radical (unpaired) electrons. The van der Waals surface area contributed by atoms with Crippen LogP contribution in [0.15, 0.2) is 23.0 Å². The number of hydrogen-bond acceptors (Lipinski definition) is 7. The second-order valence-corrected chi connectivity index (χ2v) is 7.55. The molecule has 4 rings (SSSR count). The number of aryl methyl sites for hydroxylation is 2. The van der Waals surface area contributed by atoms with E-state index in [1.807, 2.05) is 0 Å². The van der Waals surface area contributed by atoms with Gasteiger partial charge in [-0.25, -0.2) is 22.0 Å². The highest BCUT2D eigenvalue weighted by Gasteiger charge is 2.27. The van der Waals surface area contributed by atoms with Gasteiger partial charge in [-0.05, 0) is 18.8 Å².